The number of amides is 1. The molecule has 0 aliphatic heterocycles. The van der Waals surface area contributed by atoms with Crippen LogP contribution < -0.4 is 20.5 Å². The maximum absolute atomic E-state index is 13.5. The largest absolute Gasteiger partial charge is 0.478 e. The van der Waals surface area contributed by atoms with Crippen LogP contribution in [0.4, 0.5) is 20.2 Å². The fourth-order valence-corrected chi connectivity index (χ4v) is 8.48. The minimum atomic E-state index is -0.966. The third-order valence-corrected chi connectivity index (χ3v) is 12.4. The van der Waals surface area contributed by atoms with E-state index < -0.39 is 5.97 Å². The summed E-state index contributed by atoms with van der Waals surface area (Å²) in [5.74, 6) is 0.559. The number of carbonyl (C=O) groups is 2. The van der Waals surface area contributed by atoms with Crippen LogP contribution in [0.1, 0.15) is 31.8 Å². The van der Waals surface area contributed by atoms with Gasteiger partial charge in [-0.05, 0) is 133 Å². The number of thioether (sulfide) groups is 2. The number of benzene rings is 8. The fourth-order valence-electron chi connectivity index (χ4n) is 7.78. The highest BCUT2D eigenvalue weighted by Crippen LogP contribution is 2.36. The highest BCUT2D eigenvalue weighted by molar-refractivity contribution is 7.98. The van der Waals surface area contributed by atoms with Gasteiger partial charge in [-0.2, -0.15) is 9.97 Å². The van der Waals surface area contributed by atoms with Gasteiger partial charge in [0.25, 0.3) is 5.91 Å². The number of nitrogens with one attached hydrogen (secondary N) is 1. The van der Waals surface area contributed by atoms with Crippen LogP contribution in [0, 0.1) is 25.5 Å². The van der Waals surface area contributed by atoms with Gasteiger partial charge >= 0.3 is 5.97 Å². The number of fused-ring (bicyclic) bond motifs is 2. The van der Waals surface area contributed by atoms with E-state index in [2.05, 4.69) is 25.3 Å². The van der Waals surface area contributed by atoms with Crippen molar-refractivity contribution < 1.29 is 33.0 Å². The van der Waals surface area contributed by atoms with Crippen molar-refractivity contribution in [1.29, 1.82) is 0 Å². The second-order valence-electron chi connectivity index (χ2n) is 16.2. The number of nitrogen functional groups attached to an aromatic ring is 1. The molecular weight excluding hydrogens is 963 g/mol. The smallest absolute Gasteiger partial charge is 0.335 e. The monoisotopic (exact) mass is 1010 g/mol. The van der Waals surface area contributed by atoms with Crippen LogP contribution in [0.5, 0.6) is 23.3 Å². The Labute approximate surface area is 428 Å². The zero-order valence-corrected chi connectivity index (χ0v) is 41.5. The van der Waals surface area contributed by atoms with Gasteiger partial charge in [-0.1, -0.05) is 108 Å². The van der Waals surface area contributed by atoms with E-state index >= 15 is 0 Å². The lowest BCUT2D eigenvalue weighted by Crippen LogP contribution is -2.12. The molecule has 0 spiro atoms. The van der Waals surface area contributed by atoms with Crippen LogP contribution in [0.2, 0.25) is 0 Å². The molecule has 15 heteroatoms. The Balaban J connectivity index is 0.000000162. The SMILES string of the molecule is CSc1nccc(Oc2ccc(N)c3ccccc23)n1.CSc1nccc(Oc2ccc(NC(=O)c3cccc(-c4ccc(F)cc4C)c3)c3ccccc23)n1.Cc1cc(F)ccc1-c1cccc(C(=O)O)c1. The van der Waals surface area contributed by atoms with Gasteiger partial charge in [-0.3, -0.25) is 4.79 Å². The summed E-state index contributed by atoms with van der Waals surface area (Å²) in [7, 11) is 0. The Hall–Kier alpha value is -8.66. The van der Waals surface area contributed by atoms with Crippen molar-refractivity contribution in [2.24, 2.45) is 0 Å². The number of aromatic nitrogens is 4. The third kappa shape index (κ3) is 12.6. The molecule has 11 nitrogen and oxygen atoms in total. The molecule has 8 aromatic carbocycles. The number of hydrogen-bond donors (Lipinski definition) is 3. The number of aryl methyl sites for hydroxylation is 2. The molecule has 0 saturated heterocycles. The first-order chi connectivity index (χ1) is 35.4. The Kier molecular flexibility index (Phi) is 16.3. The van der Waals surface area contributed by atoms with E-state index in [1.807, 2.05) is 116 Å². The minimum Gasteiger partial charge on any atom is -0.478 e. The summed E-state index contributed by atoms with van der Waals surface area (Å²) in [6.07, 6.45) is 7.18. The standard InChI is InChI=1S/C29H22FN3O2S.C15H13N3OS.C14H11FO2/c1-18-16-21(30)10-11-22(18)19-6-5-7-20(17-19)28(34)32-25-12-13-26(24-9-4-3-8-23(24)25)35-27-14-15-31-29(33-27)36-2;1-20-15-17-9-8-14(18-15)19-13-7-6-12(16)10-4-2-3-5-11(10)13;1-9-7-12(15)5-6-13(9)10-3-2-4-11(8-10)14(16)17/h3-17H,1-2H3,(H,32,34);2-9H,16H2,1H3;2-8H,1H3,(H,16,17). The Morgan fingerprint density at radius 1 is 0.548 bits per heavy atom. The molecule has 0 radical (unpaired) electrons. The summed E-state index contributed by atoms with van der Waals surface area (Å²) in [4.78, 5) is 41.1. The molecule has 10 rings (SSSR count). The quantitative estimate of drug-likeness (QED) is 0.0640. The molecule has 0 fully saturated rings. The molecule has 10 aromatic rings. The number of hydrogen-bond acceptors (Lipinski definition) is 11. The highest BCUT2D eigenvalue weighted by atomic mass is 32.2. The average Bonchev–Trinajstić information content (AvgIpc) is 3.41. The number of ether oxygens (including phenoxy) is 2. The Morgan fingerprint density at radius 3 is 1.55 bits per heavy atom. The normalized spacial score (nSPS) is 10.7. The van der Waals surface area contributed by atoms with E-state index in [0.29, 0.717) is 39.1 Å². The predicted molar refractivity (Wildman–Crippen MR) is 288 cm³/mol. The fraction of sp³-hybridized carbons (Fsp3) is 0.0690. The van der Waals surface area contributed by atoms with Crippen molar-refractivity contribution in [3.63, 3.8) is 0 Å². The van der Waals surface area contributed by atoms with Gasteiger partial charge in [-0.15, -0.1) is 0 Å². The van der Waals surface area contributed by atoms with Crippen LogP contribution in [-0.2, 0) is 0 Å². The maximum Gasteiger partial charge on any atom is 0.335 e. The van der Waals surface area contributed by atoms with Crippen LogP contribution in [0.25, 0.3) is 43.8 Å². The van der Waals surface area contributed by atoms with E-state index in [1.54, 1.807) is 61.8 Å². The molecule has 364 valence electrons. The second-order valence-corrected chi connectivity index (χ2v) is 17.7. The lowest BCUT2D eigenvalue weighted by Gasteiger charge is -2.14. The van der Waals surface area contributed by atoms with Crippen LogP contribution in [-0.4, -0.2) is 49.4 Å². The number of carbonyl (C=O) groups excluding carboxylic acids is 1. The number of halogens is 2. The summed E-state index contributed by atoms with van der Waals surface area (Å²) in [5, 5.41) is 16.9. The summed E-state index contributed by atoms with van der Waals surface area (Å²) in [6.45, 7) is 3.65. The van der Waals surface area contributed by atoms with Crippen molar-refractivity contribution in [2.45, 2.75) is 24.2 Å². The molecule has 0 aliphatic carbocycles. The number of nitrogens with two attached hydrogens (primary N) is 1. The zero-order valence-electron chi connectivity index (χ0n) is 39.8. The van der Waals surface area contributed by atoms with Gasteiger partial charge in [0.2, 0.25) is 11.8 Å². The van der Waals surface area contributed by atoms with Crippen molar-refractivity contribution in [2.75, 3.05) is 23.6 Å². The van der Waals surface area contributed by atoms with Gasteiger partial charge in [0.15, 0.2) is 10.3 Å². The first-order valence-electron chi connectivity index (χ1n) is 22.5. The first-order valence-corrected chi connectivity index (χ1v) is 25.0. The minimum absolute atomic E-state index is 0.228. The topological polar surface area (TPSA) is 162 Å². The van der Waals surface area contributed by atoms with E-state index in [4.69, 9.17) is 20.3 Å². The van der Waals surface area contributed by atoms with Crippen molar-refractivity contribution in [1.82, 2.24) is 19.9 Å². The molecule has 0 bridgehead atoms. The van der Waals surface area contributed by atoms with E-state index in [9.17, 15) is 18.4 Å². The molecule has 0 saturated carbocycles. The number of carboxylic acids is 1. The number of aromatic carboxylic acids is 1. The third-order valence-electron chi connectivity index (χ3n) is 11.3. The molecule has 1 amide bonds. The van der Waals surface area contributed by atoms with Crippen molar-refractivity contribution in [3.05, 3.63) is 216 Å². The first kappa shape index (κ1) is 50.7. The highest BCUT2D eigenvalue weighted by Gasteiger charge is 2.15. The molecule has 0 unspecified atom stereocenters. The predicted octanol–water partition coefficient (Wildman–Crippen LogP) is 14.7. The van der Waals surface area contributed by atoms with Crippen molar-refractivity contribution >= 4 is 68.3 Å². The van der Waals surface area contributed by atoms with Crippen LogP contribution in [0.15, 0.2) is 193 Å². The summed E-state index contributed by atoms with van der Waals surface area (Å²) in [6, 6.07) is 49.4. The van der Waals surface area contributed by atoms with Gasteiger partial charge in [0.05, 0.1) is 5.56 Å². The van der Waals surface area contributed by atoms with Gasteiger partial charge in [-0.25, -0.2) is 23.5 Å². The number of anilines is 2. The number of rotatable bonds is 11. The molecule has 2 heterocycles. The molecular formula is C58H46F2N6O5S2. The van der Waals surface area contributed by atoms with Gasteiger partial charge in [0.1, 0.15) is 23.1 Å². The summed E-state index contributed by atoms with van der Waals surface area (Å²) in [5.41, 5.74) is 13.1. The Bertz CT molecular complexity index is 3640. The summed E-state index contributed by atoms with van der Waals surface area (Å²) >= 11 is 2.92. The molecule has 0 atom stereocenters. The van der Waals surface area contributed by atoms with Gasteiger partial charge < -0.3 is 25.6 Å². The molecule has 2 aromatic heterocycles. The zero-order chi connectivity index (χ0) is 51.4. The van der Waals surface area contributed by atoms with Crippen LogP contribution >= 0.6 is 23.5 Å². The maximum atomic E-state index is 13.5. The average molecular weight is 1010 g/mol. The lowest BCUT2D eigenvalue weighted by atomic mass is 9.98. The van der Waals surface area contributed by atoms with E-state index in [-0.39, 0.29) is 23.1 Å². The second kappa shape index (κ2) is 23.5. The van der Waals surface area contributed by atoms with Crippen LogP contribution in [0.3, 0.4) is 0 Å². The number of nitrogens with zero attached hydrogens (tertiary/aromatic N) is 4. The van der Waals surface area contributed by atoms with Crippen molar-refractivity contribution in [3.8, 4) is 45.5 Å². The molecule has 73 heavy (non-hydrogen) atoms. The molecule has 4 N–H and O–H groups in total. The lowest BCUT2D eigenvalue weighted by molar-refractivity contribution is 0.0696. The molecule has 0 aliphatic rings. The Morgan fingerprint density at radius 2 is 1.03 bits per heavy atom. The summed E-state index contributed by atoms with van der Waals surface area (Å²) < 4.78 is 38.5. The van der Waals surface area contributed by atoms with E-state index in [0.717, 1.165) is 66.4 Å². The van der Waals surface area contributed by atoms with E-state index in [1.165, 1.54) is 53.9 Å². The number of carboxylic acid groups (broad SMARTS) is 1. The van der Waals surface area contributed by atoms with Gasteiger partial charge in [0, 0.05) is 63.0 Å².